The van der Waals surface area contributed by atoms with Crippen molar-refractivity contribution in [1.29, 1.82) is 0 Å². The lowest BCUT2D eigenvalue weighted by atomic mass is 9.87. The lowest BCUT2D eigenvalue weighted by molar-refractivity contribution is -0.144. The number of carboxylic acid groups (broad SMARTS) is 1. The first kappa shape index (κ1) is 24.6. The van der Waals surface area contributed by atoms with Crippen molar-refractivity contribution >= 4 is 29.7 Å². The number of fused-ring (bicyclic) bond motifs is 3. The number of carboxylic acids is 1. The van der Waals surface area contributed by atoms with E-state index in [1.54, 1.807) is 20.8 Å². The highest BCUT2D eigenvalue weighted by Crippen LogP contribution is 2.44. The van der Waals surface area contributed by atoms with E-state index in [1.807, 2.05) is 24.3 Å². The molecule has 2 amide bonds. The molecule has 0 bridgehead atoms. The Labute approximate surface area is 198 Å². The number of carbonyl (C=O) groups excluding carboxylic acids is 2. The minimum absolute atomic E-state index is 0.00576. The van der Waals surface area contributed by atoms with E-state index in [4.69, 9.17) is 4.74 Å². The SMILES string of the molecule is CC(C)(C)[C@@H](NC(=O)CSCCNC(=O)OCC1c2ccccc2-c2ccccc21)C(=O)O. The second-order valence-corrected chi connectivity index (χ2v) is 10.1. The first-order valence-corrected chi connectivity index (χ1v) is 12.0. The van der Waals surface area contributed by atoms with Gasteiger partial charge in [0.25, 0.3) is 0 Å². The van der Waals surface area contributed by atoms with E-state index in [0.717, 1.165) is 11.1 Å². The Hall–Kier alpha value is -3.00. The number of ether oxygens (including phenoxy) is 1. The smallest absolute Gasteiger partial charge is 0.407 e. The predicted molar refractivity (Wildman–Crippen MR) is 129 cm³/mol. The molecule has 3 N–H and O–H groups in total. The Balaban J connectivity index is 1.39. The van der Waals surface area contributed by atoms with Crippen LogP contribution in [0.4, 0.5) is 4.79 Å². The Bertz CT molecular complexity index is 972. The number of nitrogens with one attached hydrogen (secondary N) is 2. The molecule has 0 fully saturated rings. The van der Waals surface area contributed by atoms with Crippen molar-refractivity contribution in [3.8, 4) is 11.1 Å². The highest BCUT2D eigenvalue weighted by Gasteiger charge is 2.32. The molecule has 33 heavy (non-hydrogen) atoms. The molecule has 1 aliphatic carbocycles. The van der Waals surface area contributed by atoms with Gasteiger partial charge in [0.05, 0.1) is 5.75 Å². The maximum atomic E-state index is 12.2. The number of hydrogen-bond donors (Lipinski definition) is 3. The summed E-state index contributed by atoms with van der Waals surface area (Å²) in [6.07, 6.45) is -0.499. The fourth-order valence-corrected chi connectivity index (χ4v) is 4.55. The van der Waals surface area contributed by atoms with Crippen molar-refractivity contribution in [1.82, 2.24) is 10.6 Å². The average Bonchev–Trinajstić information content (AvgIpc) is 3.08. The molecule has 0 aliphatic heterocycles. The molecular formula is C25H30N2O5S. The van der Waals surface area contributed by atoms with Gasteiger partial charge in [-0.2, -0.15) is 11.8 Å². The molecular weight excluding hydrogens is 440 g/mol. The lowest BCUT2D eigenvalue weighted by Gasteiger charge is -2.27. The number of alkyl carbamates (subject to hydrolysis) is 1. The number of thioether (sulfide) groups is 1. The van der Waals surface area contributed by atoms with Gasteiger partial charge >= 0.3 is 12.1 Å². The predicted octanol–water partition coefficient (Wildman–Crippen LogP) is 3.87. The van der Waals surface area contributed by atoms with E-state index < -0.39 is 23.5 Å². The summed E-state index contributed by atoms with van der Waals surface area (Å²) in [5.41, 5.74) is 4.07. The molecule has 0 spiro atoms. The van der Waals surface area contributed by atoms with Crippen LogP contribution in [0.25, 0.3) is 11.1 Å². The van der Waals surface area contributed by atoms with Gasteiger partial charge in [0.2, 0.25) is 5.91 Å². The summed E-state index contributed by atoms with van der Waals surface area (Å²) in [5, 5.41) is 14.5. The number of aliphatic carboxylic acids is 1. The van der Waals surface area contributed by atoms with Gasteiger partial charge in [-0.05, 0) is 27.7 Å². The molecule has 2 aromatic rings. The van der Waals surface area contributed by atoms with Crippen LogP contribution in [0.3, 0.4) is 0 Å². The maximum absolute atomic E-state index is 12.2. The Morgan fingerprint density at radius 2 is 1.61 bits per heavy atom. The third-order valence-corrected chi connectivity index (χ3v) is 6.47. The zero-order chi connectivity index (χ0) is 24.0. The van der Waals surface area contributed by atoms with Crippen LogP contribution in [0.15, 0.2) is 48.5 Å². The highest BCUT2D eigenvalue weighted by atomic mass is 32.2. The van der Waals surface area contributed by atoms with E-state index in [0.29, 0.717) is 12.3 Å². The van der Waals surface area contributed by atoms with E-state index >= 15 is 0 Å². The normalized spacial score (nSPS) is 13.5. The van der Waals surface area contributed by atoms with Crippen LogP contribution >= 0.6 is 11.8 Å². The third-order valence-electron chi connectivity index (χ3n) is 5.51. The van der Waals surface area contributed by atoms with Crippen molar-refractivity contribution in [2.75, 3.05) is 24.7 Å². The molecule has 8 heteroatoms. The van der Waals surface area contributed by atoms with E-state index in [-0.39, 0.29) is 24.2 Å². The van der Waals surface area contributed by atoms with Gasteiger partial charge in [0, 0.05) is 18.2 Å². The van der Waals surface area contributed by atoms with Crippen LogP contribution in [0.2, 0.25) is 0 Å². The van der Waals surface area contributed by atoms with Crippen LogP contribution < -0.4 is 10.6 Å². The van der Waals surface area contributed by atoms with Crippen molar-refractivity contribution < 1.29 is 24.2 Å². The first-order chi connectivity index (χ1) is 15.7. The van der Waals surface area contributed by atoms with Crippen LogP contribution in [-0.2, 0) is 14.3 Å². The summed E-state index contributed by atoms with van der Waals surface area (Å²) >= 11 is 1.32. The largest absolute Gasteiger partial charge is 0.480 e. The minimum atomic E-state index is -1.06. The van der Waals surface area contributed by atoms with Crippen LogP contribution in [0.1, 0.15) is 37.8 Å². The summed E-state index contributed by atoms with van der Waals surface area (Å²) < 4.78 is 5.48. The van der Waals surface area contributed by atoms with E-state index in [1.165, 1.54) is 22.9 Å². The van der Waals surface area contributed by atoms with Crippen LogP contribution in [-0.4, -0.2) is 53.8 Å². The van der Waals surface area contributed by atoms with Crippen molar-refractivity contribution in [3.05, 3.63) is 59.7 Å². The quantitative estimate of drug-likeness (QED) is 0.481. The summed E-state index contributed by atoms with van der Waals surface area (Å²) in [6.45, 7) is 5.88. The number of rotatable bonds is 9. The van der Waals surface area contributed by atoms with Gasteiger partial charge in [-0.1, -0.05) is 69.3 Å². The average molecular weight is 471 g/mol. The Morgan fingerprint density at radius 3 is 2.15 bits per heavy atom. The topological polar surface area (TPSA) is 105 Å². The molecule has 176 valence electrons. The molecule has 0 heterocycles. The lowest BCUT2D eigenvalue weighted by Crippen LogP contribution is -2.49. The zero-order valence-corrected chi connectivity index (χ0v) is 19.9. The fourth-order valence-electron chi connectivity index (χ4n) is 3.89. The van der Waals surface area contributed by atoms with Gasteiger partial charge in [-0.15, -0.1) is 0 Å². The van der Waals surface area contributed by atoms with Crippen molar-refractivity contribution in [2.45, 2.75) is 32.7 Å². The molecule has 2 aromatic carbocycles. The molecule has 1 atom stereocenters. The standard InChI is InChI=1S/C25H30N2O5S/c1-25(2,3)22(23(29)30)27-21(28)15-33-13-12-26-24(31)32-14-20-18-10-6-4-8-16(18)17-9-5-7-11-19(17)20/h4-11,20,22H,12-15H2,1-3H3,(H,26,31)(H,27,28)(H,29,30)/t22-/m0/s1. The number of amides is 2. The van der Waals surface area contributed by atoms with Crippen molar-refractivity contribution in [3.63, 3.8) is 0 Å². The zero-order valence-electron chi connectivity index (χ0n) is 19.1. The number of benzene rings is 2. The van der Waals surface area contributed by atoms with Crippen LogP contribution in [0, 0.1) is 5.41 Å². The van der Waals surface area contributed by atoms with Gasteiger partial charge in [-0.3, -0.25) is 4.79 Å². The second-order valence-electron chi connectivity index (χ2n) is 9.01. The minimum Gasteiger partial charge on any atom is -0.480 e. The molecule has 0 saturated carbocycles. The van der Waals surface area contributed by atoms with Crippen LogP contribution in [0.5, 0.6) is 0 Å². The van der Waals surface area contributed by atoms with E-state index in [9.17, 15) is 19.5 Å². The molecule has 7 nitrogen and oxygen atoms in total. The van der Waals surface area contributed by atoms with Gasteiger partial charge in [0.1, 0.15) is 12.6 Å². The number of hydrogen-bond acceptors (Lipinski definition) is 5. The highest BCUT2D eigenvalue weighted by molar-refractivity contribution is 7.99. The second kappa shape index (κ2) is 10.7. The number of carbonyl (C=O) groups is 3. The monoisotopic (exact) mass is 470 g/mol. The molecule has 0 radical (unpaired) electrons. The molecule has 0 saturated heterocycles. The fraction of sp³-hybridized carbons (Fsp3) is 0.400. The van der Waals surface area contributed by atoms with Gasteiger partial charge in [0.15, 0.2) is 0 Å². The summed E-state index contributed by atoms with van der Waals surface area (Å²) in [4.78, 5) is 35.6. The van der Waals surface area contributed by atoms with E-state index in [2.05, 4.69) is 34.9 Å². The Morgan fingerprint density at radius 1 is 1.03 bits per heavy atom. The van der Waals surface area contributed by atoms with Gasteiger partial charge < -0.3 is 20.5 Å². The Kier molecular flexibility index (Phi) is 8.02. The third kappa shape index (κ3) is 6.28. The van der Waals surface area contributed by atoms with Crippen molar-refractivity contribution in [2.24, 2.45) is 5.41 Å². The molecule has 3 rings (SSSR count). The summed E-state index contributed by atoms with van der Waals surface area (Å²) in [6, 6.07) is 15.3. The molecule has 1 aliphatic rings. The summed E-state index contributed by atoms with van der Waals surface area (Å²) in [7, 11) is 0. The molecule has 0 unspecified atom stereocenters. The maximum Gasteiger partial charge on any atom is 0.407 e. The first-order valence-electron chi connectivity index (χ1n) is 10.9. The molecule has 0 aromatic heterocycles. The van der Waals surface area contributed by atoms with Gasteiger partial charge in [-0.25, -0.2) is 9.59 Å². The summed E-state index contributed by atoms with van der Waals surface area (Å²) in [5.74, 6) is -0.774.